The fraction of sp³-hybridized carbons (Fsp3) is 0.133. The van der Waals surface area contributed by atoms with Crippen LogP contribution in [-0.4, -0.2) is 0 Å². The highest BCUT2D eigenvalue weighted by molar-refractivity contribution is 5.88. The minimum atomic E-state index is 0.0192. The predicted molar refractivity (Wildman–Crippen MR) is 359 cm³/mol. The molecule has 3 nitrogen and oxygen atoms in total. The summed E-state index contributed by atoms with van der Waals surface area (Å²) >= 11 is 0. The Morgan fingerprint density at radius 2 is 0.500 bits per heavy atom. The molecule has 0 N–H and O–H groups in total. The van der Waals surface area contributed by atoms with Gasteiger partial charge in [0.2, 0.25) is 0 Å². The topological polar surface area (TPSA) is 9.72 Å². The first kappa shape index (κ1) is 51.7. The Kier molecular flexibility index (Phi) is 13.0. The Morgan fingerprint density at radius 3 is 0.930 bits per heavy atom. The third-order valence-corrected chi connectivity index (χ3v) is 19.7. The molecular weight excluding hydrogens is 1040 g/mol. The zero-order valence-electron chi connectivity index (χ0n) is 48.4. The molecule has 0 amide bonds. The van der Waals surface area contributed by atoms with Crippen molar-refractivity contribution < 1.29 is 0 Å². The molecule has 12 aromatic rings. The van der Waals surface area contributed by atoms with Crippen LogP contribution in [0.1, 0.15) is 96.2 Å². The van der Waals surface area contributed by atoms with Gasteiger partial charge >= 0.3 is 0 Å². The van der Waals surface area contributed by atoms with E-state index in [4.69, 9.17) is 0 Å². The Morgan fingerprint density at radius 1 is 0.221 bits per heavy atom. The van der Waals surface area contributed by atoms with Crippen molar-refractivity contribution in [3.63, 3.8) is 0 Å². The van der Waals surface area contributed by atoms with Crippen LogP contribution in [0, 0.1) is 0 Å². The number of nitrogens with zero attached hydrogens (tertiary/aromatic N) is 3. The average Bonchev–Trinajstić information content (AvgIpc) is 4.54. The molecule has 2 fully saturated rings. The molecule has 0 aromatic heterocycles. The van der Waals surface area contributed by atoms with Crippen LogP contribution >= 0.6 is 0 Å². The lowest BCUT2D eigenvalue weighted by molar-refractivity contribution is 0.549. The van der Waals surface area contributed by atoms with Gasteiger partial charge in [0.05, 0.1) is 0 Å². The second-order valence-corrected chi connectivity index (χ2v) is 24.3. The van der Waals surface area contributed by atoms with E-state index in [1.807, 2.05) is 0 Å². The summed E-state index contributed by atoms with van der Waals surface area (Å²) in [5, 5.41) is 0. The largest absolute Gasteiger partial charge is 0.311 e. The van der Waals surface area contributed by atoms with Gasteiger partial charge in [-0.25, -0.2) is 0 Å². The molecule has 3 heteroatoms. The highest BCUT2D eigenvalue weighted by atomic mass is 15.2. The van der Waals surface area contributed by atoms with Gasteiger partial charge in [-0.2, -0.15) is 0 Å². The van der Waals surface area contributed by atoms with E-state index in [0.29, 0.717) is 0 Å². The van der Waals surface area contributed by atoms with E-state index in [0.717, 1.165) is 45.5 Å². The molecule has 2 saturated carbocycles. The van der Waals surface area contributed by atoms with E-state index in [2.05, 4.69) is 318 Å². The van der Waals surface area contributed by atoms with Gasteiger partial charge in [0.1, 0.15) is 0 Å². The van der Waals surface area contributed by atoms with Crippen molar-refractivity contribution in [1.82, 2.24) is 0 Å². The Bertz CT molecular complexity index is 4010. The van der Waals surface area contributed by atoms with Gasteiger partial charge in [-0.15, -0.1) is 0 Å². The maximum absolute atomic E-state index is 2.60. The SMILES string of the molecule is c1ccc(N(c2ccccc2)c2ccc(C(c3ccc(-c4ccc(N(c5ccc(N(c6ccccc6)c6ccccc6)cc5)c5ccc6c(c5)C5(CCCC5)c5ccccc5-6)cc4)cc3)c3ccc4c(c3)C3(CCCC3)c3ccccc3-4)cc2)cc1. The first-order valence-corrected chi connectivity index (χ1v) is 31.1. The highest BCUT2D eigenvalue weighted by Gasteiger charge is 2.46. The lowest BCUT2D eigenvalue weighted by Crippen LogP contribution is -2.21. The summed E-state index contributed by atoms with van der Waals surface area (Å²) < 4.78 is 0. The van der Waals surface area contributed by atoms with Gasteiger partial charge in [-0.05, 0) is 207 Å². The van der Waals surface area contributed by atoms with E-state index in [-0.39, 0.29) is 16.7 Å². The standard InChI is InChI=1S/C83H67N3/c1-5-21-64(22-6-1)84(65-23-7-2-8-24-65)68-44-39-62(40-45-68)81(63-41-51-75-73-29-13-15-31-77(73)82(79(75)57-63)53-17-18-54-82)61-35-33-59(34-36-61)60-37-42-69(43-38-60)86(72-50-52-76-74-30-14-16-32-78(74)83(80(76)58-72)55-19-20-56-83)71-48-46-70(47-49-71)85(66-25-9-3-10-26-66)67-27-11-4-12-28-67/h1-16,21-52,57-58,81H,17-20,53-56H2. The van der Waals surface area contributed by atoms with E-state index in [1.54, 1.807) is 0 Å². The molecule has 0 aliphatic heterocycles. The minimum absolute atomic E-state index is 0.0192. The van der Waals surface area contributed by atoms with Gasteiger partial charge < -0.3 is 14.7 Å². The van der Waals surface area contributed by atoms with E-state index in [1.165, 1.54) is 129 Å². The van der Waals surface area contributed by atoms with Gasteiger partial charge in [-0.3, -0.25) is 0 Å². The van der Waals surface area contributed by atoms with Crippen molar-refractivity contribution >= 4 is 51.2 Å². The normalized spacial score (nSPS) is 15.0. The van der Waals surface area contributed by atoms with Gasteiger partial charge in [0.15, 0.2) is 0 Å². The summed E-state index contributed by atoms with van der Waals surface area (Å²) in [5.41, 5.74) is 28.2. The molecule has 2 spiro atoms. The van der Waals surface area contributed by atoms with Crippen LogP contribution in [0.3, 0.4) is 0 Å². The average molecular weight is 1110 g/mol. The summed E-state index contributed by atoms with van der Waals surface area (Å²) in [4.78, 5) is 7.16. The second kappa shape index (κ2) is 21.6. The summed E-state index contributed by atoms with van der Waals surface area (Å²) in [5.74, 6) is 0.0192. The van der Waals surface area contributed by atoms with Crippen LogP contribution in [0.25, 0.3) is 33.4 Å². The molecule has 0 saturated heterocycles. The first-order valence-electron chi connectivity index (χ1n) is 31.1. The summed E-state index contributed by atoms with van der Waals surface area (Å²) in [6.45, 7) is 0. The molecule has 16 rings (SSSR count). The second-order valence-electron chi connectivity index (χ2n) is 24.3. The molecule has 414 valence electrons. The lowest BCUT2D eigenvalue weighted by Gasteiger charge is -2.30. The summed E-state index contributed by atoms with van der Waals surface area (Å²) in [6.07, 6.45) is 9.84. The predicted octanol–water partition coefficient (Wildman–Crippen LogP) is 22.6. The van der Waals surface area contributed by atoms with Crippen LogP contribution < -0.4 is 14.7 Å². The van der Waals surface area contributed by atoms with Gasteiger partial charge in [0.25, 0.3) is 0 Å². The maximum Gasteiger partial charge on any atom is 0.0465 e. The number of benzene rings is 12. The van der Waals surface area contributed by atoms with Crippen LogP contribution in [0.5, 0.6) is 0 Å². The van der Waals surface area contributed by atoms with E-state index >= 15 is 0 Å². The van der Waals surface area contributed by atoms with Crippen LogP contribution in [0.2, 0.25) is 0 Å². The lowest BCUT2D eigenvalue weighted by atomic mass is 9.75. The molecule has 0 heterocycles. The summed E-state index contributed by atoms with van der Waals surface area (Å²) in [6, 6.07) is 113. The third kappa shape index (κ3) is 8.79. The van der Waals surface area contributed by atoms with Crippen LogP contribution in [0.4, 0.5) is 51.2 Å². The fourth-order valence-electron chi connectivity index (χ4n) is 15.7. The smallest absolute Gasteiger partial charge is 0.0465 e. The highest BCUT2D eigenvalue weighted by Crippen LogP contribution is 2.59. The van der Waals surface area contributed by atoms with Crippen molar-refractivity contribution in [2.75, 3.05) is 14.7 Å². The van der Waals surface area contributed by atoms with Crippen LogP contribution in [0.15, 0.2) is 303 Å². The van der Waals surface area contributed by atoms with Crippen molar-refractivity contribution in [2.45, 2.75) is 68.1 Å². The molecular formula is C83H67N3. The maximum atomic E-state index is 2.60. The quantitative estimate of drug-likeness (QED) is 0.107. The Hall–Kier alpha value is -9.96. The molecule has 4 aliphatic carbocycles. The molecule has 86 heavy (non-hydrogen) atoms. The summed E-state index contributed by atoms with van der Waals surface area (Å²) in [7, 11) is 0. The molecule has 0 radical (unpaired) electrons. The number of hydrogen-bond acceptors (Lipinski definition) is 3. The van der Waals surface area contributed by atoms with Crippen molar-refractivity contribution in [3.8, 4) is 33.4 Å². The molecule has 4 aliphatic rings. The van der Waals surface area contributed by atoms with E-state index in [9.17, 15) is 0 Å². The van der Waals surface area contributed by atoms with Crippen LogP contribution in [-0.2, 0) is 10.8 Å². The fourth-order valence-corrected chi connectivity index (χ4v) is 15.7. The van der Waals surface area contributed by atoms with Crippen molar-refractivity contribution in [3.05, 3.63) is 342 Å². The minimum Gasteiger partial charge on any atom is -0.311 e. The molecule has 0 bridgehead atoms. The van der Waals surface area contributed by atoms with Crippen molar-refractivity contribution in [1.29, 1.82) is 0 Å². The molecule has 12 aromatic carbocycles. The zero-order valence-corrected chi connectivity index (χ0v) is 48.4. The van der Waals surface area contributed by atoms with E-state index < -0.39 is 0 Å². The zero-order chi connectivity index (χ0) is 57.0. The van der Waals surface area contributed by atoms with Gasteiger partial charge in [0, 0.05) is 67.9 Å². The molecule has 1 unspecified atom stereocenters. The monoisotopic (exact) mass is 1110 g/mol. The number of para-hydroxylation sites is 4. The van der Waals surface area contributed by atoms with Crippen molar-refractivity contribution in [2.24, 2.45) is 0 Å². The van der Waals surface area contributed by atoms with Gasteiger partial charge in [-0.1, -0.05) is 220 Å². The Labute approximate surface area is 506 Å². The number of anilines is 9. The molecule has 1 atom stereocenters. The first-order chi connectivity index (χ1) is 42.6. The number of fused-ring (bicyclic) bond motifs is 10. The Balaban J connectivity index is 0.769. The number of hydrogen-bond donors (Lipinski definition) is 0. The number of rotatable bonds is 13. The third-order valence-electron chi connectivity index (χ3n) is 19.7.